The van der Waals surface area contributed by atoms with Gasteiger partial charge >= 0.3 is 0 Å². The van der Waals surface area contributed by atoms with Crippen LogP contribution < -0.4 is 5.56 Å². The Hall–Kier alpha value is -2.28. The molecular weight excluding hydrogens is 410 g/mol. The van der Waals surface area contributed by atoms with E-state index in [1.807, 2.05) is 11.3 Å². The molecule has 30 heavy (non-hydrogen) atoms. The van der Waals surface area contributed by atoms with E-state index in [0.717, 1.165) is 54.8 Å². The van der Waals surface area contributed by atoms with Crippen LogP contribution >= 0.6 is 22.7 Å². The van der Waals surface area contributed by atoms with Crippen LogP contribution in [0.2, 0.25) is 0 Å². The highest BCUT2D eigenvalue weighted by molar-refractivity contribution is 7.18. The molecule has 0 spiro atoms. The Morgan fingerprint density at radius 2 is 1.93 bits per heavy atom. The minimum absolute atomic E-state index is 0.0318. The molecule has 1 aromatic carbocycles. The maximum Gasteiger partial charge on any atom is 0.259 e. The number of rotatable bonds is 7. The van der Waals surface area contributed by atoms with Crippen LogP contribution in [-0.4, -0.2) is 21.4 Å². The van der Waals surface area contributed by atoms with E-state index in [1.54, 1.807) is 11.3 Å². The number of benzene rings is 1. The molecule has 5 rings (SSSR count). The highest BCUT2D eigenvalue weighted by Crippen LogP contribution is 2.34. The summed E-state index contributed by atoms with van der Waals surface area (Å²) in [6.45, 7) is 4.58. The first-order valence-electron chi connectivity index (χ1n) is 10.5. The highest BCUT2D eigenvalue weighted by Gasteiger charge is 2.21. The molecule has 0 radical (unpaired) electrons. The Morgan fingerprint density at radius 1 is 1.07 bits per heavy atom. The zero-order valence-electron chi connectivity index (χ0n) is 17.1. The van der Waals surface area contributed by atoms with Gasteiger partial charge in [0.2, 0.25) is 0 Å². The summed E-state index contributed by atoms with van der Waals surface area (Å²) in [5.41, 5.74) is 2.60. The lowest BCUT2D eigenvalue weighted by molar-refractivity contribution is 0.256. The Kier molecular flexibility index (Phi) is 5.54. The summed E-state index contributed by atoms with van der Waals surface area (Å²) in [6, 6.07) is 15.0. The lowest BCUT2D eigenvalue weighted by Gasteiger charge is -2.21. The number of aromatic nitrogens is 2. The number of nitrogens with zero attached hydrogens (tertiary/aromatic N) is 2. The predicted molar refractivity (Wildman–Crippen MR) is 126 cm³/mol. The Morgan fingerprint density at radius 3 is 2.73 bits per heavy atom. The summed E-state index contributed by atoms with van der Waals surface area (Å²) in [5.74, 6) is 0.772. The predicted octanol–water partition coefficient (Wildman–Crippen LogP) is 5.09. The molecule has 4 aromatic rings. The molecule has 0 amide bonds. The van der Waals surface area contributed by atoms with Gasteiger partial charge in [0.1, 0.15) is 10.7 Å². The van der Waals surface area contributed by atoms with Gasteiger partial charge in [-0.25, -0.2) is 4.98 Å². The first-order chi connectivity index (χ1) is 14.7. The third kappa shape index (κ3) is 4.13. The van der Waals surface area contributed by atoms with Gasteiger partial charge in [0.15, 0.2) is 0 Å². The van der Waals surface area contributed by atoms with Gasteiger partial charge in [-0.2, -0.15) is 0 Å². The fraction of sp³-hybridized carbons (Fsp3) is 0.333. The number of aryl methyl sites for hydroxylation is 3. The van der Waals surface area contributed by atoms with Crippen LogP contribution in [0.4, 0.5) is 0 Å². The van der Waals surface area contributed by atoms with Crippen molar-refractivity contribution in [3.63, 3.8) is 0 Å². The molecule has 4 nitrogen and oxygen atoms in total. The van der Waals surface area contributed by atoms with Gasteiger partial charge in [0, 0.05) is 27.7 Å². The lowest BCUT2D eigenvalue weighted by Crippen LogP contribution is -2.27. The molecule has 154 valence electrons. The molecule has 0 unspecified atom stereocenters. The molecule has 0 fully saturated rings. The van der Waals surface area contributed by atoms with Gasteiger partial charge in [-0.1, -0.05) is 30.3 Å². The smallest absolute Gasteiger partial charge is 0.259 e. The van der Waals surface area contributed by atoms with E-state index in [1.165, 1.54) is 25.8 Å². The molecular formula is C24H25N3OS2. The second-order valence-corrected chi connectivity index (χ2v) is 10.5. The topological polar surface area (TPSA) is 49.0 Å². The molecule has 1 aliphatic carbocycles. The molecule has 0 atom stereocenters. The van der Waals surface area contributed by atoms with Crippen molar-refractivity contribution >= 4 is 32.9 Å². The van der Waals surface area contributed by atoms with Gasteiger partial charge in [0.25, 0.3) is 5.56 Å². The summed E-state index contributed by atoms with van der Waals surface area (Å²) in [5, 5.41) is 0.834. The number of nitrogens with one attached hydrogen (secondary N) is 1. The normalized spacial score (nSPS) is 13.4. The van der Waals surface area contributed by atoms with E-state index in [-0.39, 0.29) is 5.56 Å². The summed E-state index contributed by atoms with van der Waals surface area (Å²) < 4.78 is 0. The third-order valence-corrected chi connectivity index (χ3v) is 7.90. The number of H-pyrrole nitrogens is 1. The zero-order valence-corrected chi connectivity index (χ0v) is 18.7. The van der Waals surface area contributed by atoms with Gasteiger partial charge < -0.3 is 4.98 Å². The first kappa shape index (κ1) is 19.7. The summed E-state index contributed by atoms with van der Waals surface area (Å²) in [4.78, 5) is 28.1. The van der Waals surface area contributed by atoms with Gasteiger partial charge in [-0.15, -0.1) is 22.7 Å². The Balaban J connectivity index is 1.40. The standard InChI is InChI=1S/C24H25N3OS2/c1-16-10-11-18(29-16)14-27(13-12-17-6-3-2-4-7-17)15-21-25-23(28)22-19-8-5-9-20(19)30-24(22)26-21/h2-4,6-7,10-11H,5,8-9,12-15H2,1H3,(H,25,26,28). The second kappa shape index (κ2) is 8.46. The van der Waals surface area contributed by atoms with Crippen molar-refractivity contribution in [3.8, 4) is 0 Å². The van der Waals surface area contributed by atoms with Crippen LogP contribution in [0.15, 0.2) is 47.3 Å². The Labute approximate surface area is 184 Å². The van der Waals surface area contributed by atoms with E-state index in [2.05, 4.69) is 59.3 Å². The molecule has 3 heterocycles. The summed E-state index contributed by atoms with van der Waals surface area (Å²) in [7, 11) is 0. The average Bonchev–Trinajstić information content (AvgIpc) is 3.43. The van der Waals surface area contributed by atoms with Crippen LogP contribution in [0.3, 0.4) is 0 Å². The fourth-order valence-electron chi connectivity index (χ4n) is 4.27. The minimum Gasteiger partial charge on any atom is -0.309 e. The van der Waals surface area contributed by atoms with E-state index in [4.69, 9.17) is 4.98 Å². The zero-order chi connectivity index (χ0) is 20.5. The van der Waals surface area contributed by atoms with Crippen LogP contribution in [0.1, 0.15) is 38.0 Å². The SMILES string of the molecule is Cc1ccc(CN(CCc2ccccc2)Cc2nc3sc4c(c3c(=O)[nH]2)CCC4)s1. The van der Waals surface area contributed by atoms with Crippen molar-refractivity contribution in [3.05, 3.63) is 84.4 Å². The monoisotopic (exact) mass is 435 g/mol. The quantitative estimate of drug-likeness (QED) is 0.440. The molecule has 3 aromatic heterocycles. The molecule has 0 saturated heterocycles. The van der Waals surface area contributed by atoms with Crippen LogP contribution in [0.25, 0.3) is 10.2 Å². The van der Waals surface area contributed by atoms with E-state index >= 15 is 0 Å². The maximum atomic E-state index is 12.8. The summed E-state index contributed by atoms with van der Waals surface area (Å²) in [6.07, 6.45) is 4.24. The van der Waals surface area contributed by atoms with Crippen LogP contribution in [0, 0.1) is 6.92 Å². The van der Waals surface area contributed by atoms with E-state index < -0.39 is 0 Å². The largest absolute Gasteiger partial charge is 0.309 e. The number of hydrogen-bond donors (Lipinski definition) is 1. The highest BCUT2D eigenvalue weighted by atomic mass is 32.1. The molecule has 0 saturated carbocycles. The molecule has 0 bridgehead atoms. The Bertz CT molecular complexity index is 1220. The molecule has 1 N–H and O–H groups in total. The van der Waals surface area contributed by atoms with Gasteiger partial charge in [-0.3, -0.25) is 9.69 Å². The number of fused-ring (bicyclic) bond motifs is 3. The lowest BCUT2D eigenvalue weighted by atomic mass is 10.1. The van der Waals surface area contributed by atoms with Crippen molar-refractivity contribution in [1.29, 1.82) is 0 Å². The molecule has 0 aliphatic heterocycles. The fourth-order valence-corrected chi connectivity index (χ4v) is 6.48. The van der Waals surface area contributed by atoms with Gasteiger partial charge in [0.05, 0.1) is 11.9 Å². The van der Waals surface area contributed by atoms with Crippen LogP contribution in [-0.2, 0) is 32.4 Å². The minimum atomic E-state index is 0.0318. The van der Waals surface area contributed by atoms with E-state index in [0.29, 0.717) is 6.54 Å². The number of thiophene rings is 2. The van der Waals surface area contributed by atoms with Gasteiger partial charge in [-0.05, 0) is 55.9 Å². The van der Waals surface area contributed by atoms with Crippen molar-refractivity contribution in [2.24, 2.45) is 0 Å². The average molecular weight is 436 g/mol. The molecule has 6 heteroatoms. The third-order valence-electron chi connectivity index (χ3n) is 5.73. The van der Waals surface area contributed by atoms with Crippen molar-refractivity contribution < 1.29 is 0 Å². The second-order valence-electron chi connectivity index (χ2n) is 8.01. The number of aromatic amines is 1. The molecule has 1 aliphatic rings. The summed E-state index contributed by atoms with van der Waals surface area (Å²) >= 11 is 3.55. The maximum absolute atomic E-state index is 12.8. The van der Waals surface area contributed by atoms with Crippen molar-refractivity contribution in [2.75, 3.05) is 6.54 Å². The first-order valence-corrected chi connectivity index (χ1v) is 12.1. The van der Waals surface area contributed by atoms with Crippen molar-refractivity contribution in [1.82, 2.24) is 14.9 Å². The van der Waals surface area contributed by atoms with Crippen LogP contribution in [0.5, 0.6) is 0 Å². The van der Waals surface area contributed by atoms with Crippen molar-refractivity contribution in [2.45, 2.75) is 45.7 Å². The number of hydrogen-bond acceptors (Lipinski definition) is 5. The van der Waals surface area contributed by atoms with E-state index in [9.17, 15) is 4.79 Å².